The van der Waals surface area contributed by atoms with Gasteiger partial charge >= 0.3 is 0 Å². The minimum Gasteiger partial charge on any atom is -0.361 e. The normalized spacial score (nSPS) is 15.5. The van der Waals surface area contributed by atoms with Gasteiger partial charge in [0.25, 0.3) is 0 Å². The minimum atomic E-state index is 0.151. The van der Waals surface area contributed by atoms with E-state index in [1.54, 1.807) is 0 Å². The van der Waals surface area contributed by atoms with E-state index in [4.69, 9.17) is 0 Å². The summed E-state index contributed by atoms with van der Waals surface area (Å²) >= 11 is 0. The topological polar surface area (TPSA) is 15.3 Å². The molecule has 0 aromatic heterocycles. The van der Waals surface area contributed by atoms with Crippen LogP contribution in [-0.4, -0.2) is 6.54 Å². The lowest BCUT2D eigenvalue weighted by Gasteiger charge is -2.41. The van der Waals surface area contributed by atoms with Crippen LogP contribution in [0.2, 0.25) is 0 Å². The molecule has 1 N–H and O–H groups in total. The average Bonchev–Trinajstić information content (AvgIpc) is 2.65. The molecule has 0 bridgehead atoms. The van der Waals surface area contributed by atoms with E-state index in [1.807, 2.05) is 0 Å². The highest BCUT2D eigenvalue weighted by Crippen LogP contribution is 2.44. The number of para-hydroxylation sites is 2. The molecule has 24 heavy (non-hydrogen) atoms. The van der Waals surface area contributed by atoms with Crippen LogP contribution in [0, 0.1) is 0 Å². The summed E-state index contributed by atoms with van der Waals surface area (Å²) in [5, 5.41) is 3.74. The van der Waals surface area contributed by atoms with Gasteiger partial charge in [0.1, 0.15) is 6.17 Å². The van der Waals surface area contributed by atoms with Crippen LogP contribution in [-0.2, 0) is 0 Å². The number of nitrogens with one attached hydrogen (secondary N) is 1. The Morgan fingerprint density at radius 2 is 1.46 bits per heavy atom. The van der Waals surface area contributed by atoms with Crippen molar-refractivity contribution in [3.63, 3.8) is 0 Å². The van der Waals surface area contributed by atoms with E-state index in [-0.39, 0.29) is 6.17 Å². The average molecular weight is 314 g/mol. The molecular weight excluding hydrogens is 292 g/mol. The largest absolute Gasteiger partial charge is 0.361 e. The first-order valence-electron chi connectivity index (χ1n) is 8.65. The molecular formula is C22H22N2. The third-order valence-electron chi connectivity index (χ3n) is 4.61. The Hall–Kier alpha value is -2.74. The highest BCUT2D eigenvalue weighted by atomic mass is 15.3. The van der Waals surface area contributed by atoms with E-state index in [2.05, 4.69) is 96.0 Å². The molecule has 2 heteroatoms. The molecule has 3 aromatic carbocycles. The zero-order chi connectivity index (χ0) is 16.4. The second kappa shape index (κ2) is 6.40. The van der Waals surface area contributed by atoms with Crippen LogP contribution in [0.25, 0.3) is 11.1 Å². The quantitative estimate of drug-likeness (QED) is 0.665. The molecule has 0 amide bonds. The predicted octanol–water partition coefficient (Wildman–Crippen LogP) is 5.69. The first-order valence-corrected chi connectivity index (χ1v) is 8.65. The Morgan fingerprint density at radius 1 is 0.792 bits per heavy atom. The number of anilines is 2. The second-order valence-corrected chi connectivity index (χ2v) is 6.21. The minimum absolute atomic E-state index is 0.151. The molecule has 3 aromatic rings. The lowest BCUT2D eigenvalue weighted by molar-refractivity contribution is 0.665. The van der Waals surface area contributed by atoms with Crippen LogP contribution >= 0.6 is 0 Å². The SMILES string of the molecule is CCCN1c2ccccc2-c2ccccc2C1Nc1ccccc1. The van der Waals surface area contributed by atoms with E-state index in [1.165, 1.54) is 22.4 Å². The molecule has 0 spiro atoms. The summed E-state index contributed by atoms with van der Waals surface area (Å²) in [4.78, 5) is 2.49. The summed E-state index contributed by atoms with van der Waals surface area (Å²) in [5.41, 5.74) is 6.46. The monoisotopic (exact) mass is 314 g/mol. The maximum atomic E-state index is 3.74. The van der Waals surface area contributed by atoms with Crippen LogP contribution in [0.4, 0.5) is 11.4 Å². The first-order chi connectivity index (χ1) is 11.9. The molecule has 1 heterocycles. The molecule has 2 nitrogen and oxygen atoms in total. The van der Waals surface area contributed by atoms with E-state index in [0.29, 0.717) is 0 Å². The van der Waals surface area contributed by atoms with Gasteiger partial charge in [0, 0.05) is 29.0 Å². The van der Waals surface area contributed by atoms with E-state index < -0.39 is 0 Å². The molecule has 1 unspecified atom stereocenters. The van der Waals surface area contributed by atoms with Crippen LogP contribution in [0.3, 0.4) is 0 Å². The second-order valence-electron chi connectivity index (χ2n) is 6.21. The molecule has 1 atom stereocenters. The number of nitrogens with zero attached hydrogens (tertiary/aromatic N) is 1. The highest BCUT2D eigenvalue weighted by Gasteiger charge is 2.29. The van der Waals surface area contributed by atoms with E-state index in [0.717, 1.165) is 18.7 Å². The fraction of sp³-hybridized carbons (Fsp3) is 0.182. The molecule has 1 aliphatic heterocycles. The van der Waals surface area contributed by atoms with Gasteiger partial charge in [-0.25, -0.2) is 0 Å². The van der Waals surface area contributed by atoms with Crippen molar-refractivity contribution in [2.24, 2.45) is 0 Å². The summed E-state index contributed by atoms with van der Waals surface area (Å²) in [6.07, 6.45) is 1.27. The first kappa shape index (κ1) is 14.8. The van der Waals surface area contributed by atoms with Gasteiger partial charge in [0.15, 0.2) is 0 Å². The number of hydrogen-bond donors (Lipinski definition) is 1. The third-order valence-corrected chi connectivity index (χ3v) is 4.61. The van der Waals surface area contributed by atoms with Crippen LogP contribution in [0.15, 0.2) is 78.9 Å². The van der Waals surface area contributed by atoms with Gasteiger partial charge in [-0.15, -0.1) is 0 Å². The molecule has 0 saturated carbocycles. The number of fused-ring (bicyclic) bond motifs is 3. The molecule has 120 valence electrons. The Morgan fingerprint density at radius 3 is 2.25 bits per heavy atom. The summed E-state index contributed by atoms with van der Waals surface area (Å²) in [6.45, 7) is 3.26. The Balaban J connectivity index is 1.84. The van der Waals surface area contributed by atoms with Crippen molar-refractivity contribution in [2.45, 2.75) is 19.5 Å². The van der Waals surface area contributed by atoms with Crippen molar-refractivity contribution in [3.05, 3.63) is 84.4 Å². The van der Waals surface area contributed by atoms with Crippen molar-refractivity contribution in [1.82, 2.24) is 0 Å². The van der Waals surface area contributed by atoms with Crippen molar-refractivity contribution in [1.29, 1.82) is 0 Å². The Labute approximate surface area is 143 Å². The summed E-state index contributed by atoms with van der Waals surface area (Å²) in [7, 11) is 0. The van der Waals surface area contributed by atoms with Crippen LogP contribution in [0.1, 0.15) is 25.1 Å². The smallest absolute Gasteiger partial charge is 0.126 e. The van der Waals surface area contributed by atoms with Crippen LogP contribution in [0.5, 0.6) is 0 Å². The van der Waals surface area contributed by atoms with Crippen molar-refractivity contribution in [2.75, 3.05) is 16.8 Å². The van der Waals surface area contributed by atoms with Gasteiger partial charge in [0.2, 0.25) is 0 Å². The van der Waals surface area contributed by atoms with Crippen molar-refractivity contribution < 1.29 is 0 Å². The molecule has 0 radical (unpaired) electrons. The van der Waals surface area contributed by atoms with Gasteiger partial charge in [0.05, 0.1) is 0 Å². The van der Waals surface area contributed by atoms with Gasteiger partial charge in [-0.2, -0.15) is 0 Å². The maximum absolute atomic E-state index is 3.74. The zero-order valence-electron chi connectivity index (χ0n) is 13.9. The van der Waals surface area contributed by atoms with E-state index in [9.17, 15) is 0 Å². The van der Waals surface area contributed by atoms with Gasteiger partial charge in [-0.05, 0) is 30.2 Å². The van der Waals surface area contributed by atoms with Gasteiger partial charge in [-0.1, -0.05) is 67.6 Å². The third kappa shape index (κ3) is 2.54. The molecule has 1 aliphatic rings. The van der Waals surface area contributed by atoms with E-state index >= 15 is 0 Å². The van der Waals surface area contributed by atoms with Crippen LogP contribution < -0.4 is 10.2 Å². The Bertz CT molecular complexity index is 826. The lowest BCUT2D eigenvalue weighted by Crippen LogP contribution is -2.37. The van der Waals surface area contributed by atoms with Gasteiger partial charge < -0.3 is 10.2 Å². The molecule has 0 aliphatic carbocycles. The van der Waals surface area contributed by atoms with Gasteiger partial charge in [-0.3, -0.25) is 0 Å². The highest BCUT2D eigenvalue weighted by molar-refractivity contribution is 5.85. The van der Waals surface area contributed by atoms with Crippen molar-refractivity contribution >= 4 is 11.4 Å². The lowest BCUT2D eigenvalue weighted by atomic mass is 9.91. The summed E-state index contributed by atoms with van der Waals surface area (Å²) in [6, 6.07) is 28.0. The molecule has 4 rings (SSSR count). The molecule has 0 saturated heterocycles. The standard InChI is InChI=1S/C22H22N2/c1-2-16-24-21-15-9-8-13-19(21)18-12-6-7-14-20(18)22(24)23-17-10-4-3-5-11-17/h3-15,22-23H,2,16H2,1H3. The predicted molar refractivity (Wildman–Crippen MR) is 102 cm³/mol. The summed E-state index contributed by atoms with van der Waals surface area (Å²) in [5.74, 6) is 0. The fourth-order valence-corrected chi connectivity index (χ4v) is 3.58. The maximum Gasteiger partial charge on any atom is 0.126 e. The number of benzene rings is 3. The number of rotatable bonds is 4. The Kier molecular flexibility index (Phi) is 3.96. The molecule has 0 fully saturated rings. The summed E-state index contributed by atoms with van der Waals surface area (Å²) < 4.78 is 0. The van der Waals surface area contributed by atoms with Crippen molar-refractivity contribution in [3.8, 4) is 11.1 Å². The number of hydrogen-bond acceptors (Lipinski definition) is 2. The zero-order valence-corrected chi connectivity index (χ0v) is 13.9. The fourth-order valence-electron chi connectivity index (χ4n) is 3.58.